The molecule has 4 N–H and O–H groups in total. The van der Waals surface area contributed by atoms with Gasteiger partial charge in [-0.05, 0) is 42.0 Å². The van der Waals surface area contributed by atoms with Crippen LogP contribution in [0.1, 0.15) is 21.5 Å². The van der Waals surface area contributed by atoms with E-state index in [4.69, 9.17) is 22.6 Å². The van der Waals surface area contributed by atoms with Crippen LogP contribution in [-0.4, -0.2) is 34.8 Å². The summed E-state index contributed by atoms with van der Waals surface area (Å²) in [6, 6.07) is 10.5. The molecule has 2 rings (SSSR count). The van der Waals surface area contributed by atoms with Crippen molar-refractivity contribution in [1.29, 1.82) is 0 Å². The van der Waals surface area contributed by atoms with E-state index in [0.717, 1.165) is 12.1 Å². The van der Waals surface area contributed by atoms with E-state index in [1.54, 1.807) is 0 Å². The molecular weight excluding hydrogens is 393 g/mol. The van der Waals surface area contributed by atoms with Gasteiger partial charge in [0.25, 0.3) is 0 Å². The number of aromatic carboxylic acids is 1. The Bertz CT molecular complexity index is 887. The van der Waals surface area contributed by atoms with E-state index in [1.165, 1.54) is 42.6 Å². The van der Waals surface area contributed by atoms with E-state index in [2.05, 4.69) is 10.5 Å². The van der Waals surface area contributed by atoms with E-state index >= 15 is 0 Å². The van der Waals surface area contributed by atoms with Crippen molar-refractivity contribution in [3.05, 3.63) is 65.2 Å². The fourth-order valence-electron chi connectivity index (χ4n) is 1.63. The van der Waals surface area contributed by atoms with Crippen LogP contribution in [0.25, 0.3) is 0 Å². The van der Waals surface area contributed by atoms with Gasteiger partial charge < -0.3 is 5.11 Å². The lowest BCUT2D eigenvalue weighted by atomic mass is 10.1. The van der Waals surface area contributed by atoms with Crippen molar-refractivity contribution in [3.8, 4) is 0 Å². The van der Waals surface area contributed by atoms with Crippen molar-refractivity contribution >= 4 is 28.3 Å². The molecule has 2 aromatic rings. The molecule has 0 unspecified atom stereocenters. The maximum absolute atomic E-state index is 12.4. The topological polar surface area (TPSA) is 136 Å². The maximum Gasteiger partial charge on any atom is 0.416 e. The Labute approximate surface area is 151 Å². The lowest BCUT2D eigenvalue weighted by Crippen LogP contribution is -2.04. The van der Waals surface area contributed by atoms with Crippen molar-refractivity contribution in [2.75, 3.05) is 5.43 Å². The fraction of sp³-hybridized carbons (Fsp3) is 0.0667. The van der Waals surface area contributed by atoms with E-state index in [1.807, 2.05) is 0 Å². The van der Waals surface area contributed by atoms with Gasteiger partial charge in [-0.2, -0.15) is 26.7 Å². The molecule has 0 aliphatic rings. The summed E-state index contributed by atoms with van der Waals surface area (Å²) >= 11 is 0. The number of hydrazone groups is 1. The van der Waals surface area contributed by atoms with Crippen LogP contribution in [0.4, 0.5) is 18.9 Å². The van der Waals surface area contributed by atoms with Gasteiger partial charge in [-0.1, -0.05) is 12.1 Å². The highest BCUT2D eigenvalue weighted by molar-refractivity contribution is 7.79. The highest BCUT2D eigenvalue weighted by Crippen LogP contribution is 2.28. The molecule has 12 heteroatoms. The molecule has 0 aliphatic heterocycles. The number of benzene rings is 2. The molecular formula is C15H13F3N2O6S. The summed E-state index contributed by atoms with van der Waals surface area (Å²) in [5, 5.41) is 12.6. The number of alkyl halides is 3. The predicted molar refractivity (Wildman–Crippen MR) is 90.2 cm³/mol. The SMILES string of the molecule is O=C(O)c1ccc(N/N=C/c2ccc(C(F)(F)F)cc2)cc1.O=S(=O)(O)O. The Morgan fingerprint density at radius 2 is 1.48 bits per heavy atom. The van der Waals surface area contributed by atoms with Gasteiger partial charge in [-0.15, -0.1) is 0 Å². The fourth-order valence-corrected chi connectivity index (χ4v) is 1.63. The quantitative estimate of drug-likeness (QED) is 0.348. The molecule has 27 heavy (non-hydrogen) atoms. The smallest absolute Gasteiger partial charge is 0.416 e. The van der Waals surface area contributed by atoms with Gasteiger partial charge in [-0.3, -0.25) is 14.5 Å². The molecule has 0 spiro atoms. The standard InChI is InChI=1S/C15H11F3N2O2.H2O4S/c16-15(17,18)12-5-1-10(2-6-12)9-19-20-13-7-3-11(4-8-13)14(21)22;1-5(2,3)4/h1-9,20H,(H,21,22);(H2,1,2,3,4)/b19-9+;. The Morgan fingerprint density at radius 1 is 1.00 bits per heavy atom. The summed E-state index contributed by atoms with van der Waals surface area (Å²) in [5.74, 6) is -1.03. The molecule has 0 radical (unpaired) electrons. The van der Waals surface area contributed by atoms with Crippen LogP contribution in [-0.2, 0) is 16.6 Å². The van der Waals surface area contributed by atoms with Crippen molar-refractivity contribution in [1.82, 2.24) is 0 Å². The number of carboxylic acids is 1. The van der Waals surface area contributed by atoms with E-state index < -0.39 is 28.1 Å². The van der Waals surface area contributed by atoms with Gasteiger partial charge in [0.2, 0.25) is 0 Å². The molecule has 0 bridgehead atoms. The van der Waals surface area contributed by atoms with Crippen LogP contribution in [0.15, 0.2) is 53.6 Å². The zero-order valence-corrected chi connectivity index (χ0v) is 14.1. The third kappa shape index (κ3) is 9.34. The number of carboxylic acid groups (broad SMARTS) is 1. The van der Waals surface area contributed by atoms with Crippen LogP contribution in [0.3, 0.4) is 0 Å². The number of hydrogen-bond donors (Lipinski definition) is 4. The molecule has 0 heterocycles. The summed E-state index contributed by atoms with van der Waals surface area (Å²) in [5.41, 5.74) is 3.15. The zero-order chi connectivity index (χ0) is 20.7. The Hall–Kier alpha value is -2.96. The minimum Gasteiger partial charge on any atom is -0.478 e. The summed E-state index contributed by atoms with van der Waals surface area (Å²) in [6.07, 6.45) is -2.99. The molecule has 0 amide bonds. The van der Waals surface area contributed by atoms with Crippen LogP contribution in [0.5, 0.6) is 0 Å². The lowest BCUT2D eigenvalue weighted by Gasteiger charge is -2.05. The van der Waals surface area contributed by atoms with Crippen LogP contribution >= 0.6 is 0 Å². The summed E-state index contributed by atoms with van der Waals surface area (Å²) in [4.78, 5) is 10.7. The van der Waals surface area contributed by atoms with Crippen LogP contribution in [0.2, 0.25) is 0 Å². The van der Waals surface area contributed by atoms with Gasteiger partial charge in [0.15, 0.2) is 0 Å². The largest absolute Gasteiger partial charge is 0.478 e. The van der Waals surface area contributed by atoms with Crippen molar-refractivity contribution < 1.29 is 40.6 Å². The first-order chi connectivity index (χ1) is 12.4. The molecule has 0 fully saturated rings. The average Bonchev–Trinajstić information content (AvgIpc) is 2.53. The highest BCUT2D eigenvalue weighted by Gasteiger charge is 2.29. The first-order valence-electron chi connectivity index (χ1n) is 6.86. The number of nitrogens with one attached hydrogen (secondary N) is 1. The summed E-state index contributed by atoms with van der Waals surface area (Å²) < 4.78 is 68.8. The normalized spacial score (nSPS) is 11.6. The van der Waals surface area contributed by atoms with E-state index in [0.29, 0.717) is 11.3 Å². The Morgan fingerprint density at radius 3 is 1.89 bits per heavy atom. The van der Waals surface area contributed by atoms with E-state index in [-0.39, 0.29) is 5.56 Å². The molecule has 0 aliphatic carbocycles. The van der Waals surface area contributed by atoms with Gasteiger partial charge >= 0.3 is 22.5 Å². The first-order valence-corrected chi connectivity index (χ1v) is 8.25. The number of rotatable bonds is 4. The Kier molecular flexibility index (Phi) is 7.45. The Balaban J connectivity index is 0.000000646. The molecule has 8 nitrogen and oxygen atoms in total. The second-order valence-corrected chi connectivity index (χ2v) is 5.72. The van der Waals surface area contributed by atoms with Crippen molar-refractivity contribution in [3.63, 3.8) is 0 Å². The molecule has 0 aromatic heterocycles. The number of halogens is 3. The lowest BCUT2D eigenvalue weighted by molar-refractivity contribution is -0.137. The van der Waals surface area contributed by atoms with Crippen LogP contribution < -0.4 is 5.43 Å². The van der Waals surface area contributed by atoms with Gasteiger partial charge in [0.05, 0.1) is 23.0 Å². The van der Waals surface area contributed by atoms with Crippen LogP contribution in [0, 0.1) is 0 Å². The zero-order valence-electron chi connectivity index (χ0n) is 13.3. The molecule has 146 valence electrons. The second kappa shape index (κ2) is 9.12. The number of hydrogen-bond acceptors (Lipinski definition) is 5. The molecule has 0 atom stereocenters. The number of anilines is 1. The first kappa shape index (κ1) is 22.1. The molecule has 0 saturated heterocycles. The number of nitrogens with zero attached hydrogens (tertiary/aromatic N) is 1. The van der Waals surface area contributed by atoms with Crippen molar-refractivity contribution in [2.45, 2.75) is 6.18 Å². The summed E-state index contributed by atoms with van der Waals surface area (Å²) in [7, 11) is -4.67. The van der Waals surface area contributed by atoms with Gasteiger partial charge in [0, 0.05) is 0 Å². The second-order valence-electron chi connectivity index (χ2n) is 4.82. The highest BCUT2D eigenvalue weighted by atomic mass is 32.3. The maximum atomic E-state index is 12.4. The predicted octanol–water partition coefficient (Wildman–Crippen LogP) is 3.20. The van der Waals surface area contributed by atoms with E-state index in [9.17, 15) is 18.0 Å². The minimum atomic E-state index is -4.67. The van der Waals surface area contributed by atoms with Crippen molar-refractivity contribution in [2.24, 2.45) is 5.10 Å². The third-order valence-corrected chi connectivity index (χ3v) is 2.78. The van der Waals surface area contributed by atoms with Gasteiger partial charge in [0.1, 0.15) is 0 Å². The monoisotopic (exact) mass is 406 g/mol. The van der Waals surface area contributed by atoms with Gasteiger partial charge in [-0.25, -0.2) is 4.79 Å². The molecule has 2 aromatic carbocycles. The third-order valence-electron chi connectivity index (χ3n) is 2.78. The molecule has 0 saturated carbocycles. The minimum absolute atomic E-state index is 0.150. The number of carbonyl (C=O) groups is 1. The average molecular weight is 406 g/mol. The summed E-state index contributed by atoms with van der Waals surface area (Å²) in [6.45, 7) is 0.